The van der Waals surface area contributed by atoms with E-state index in [2.05, 4.69) is 5.10 Å². The van der Waals surface area contributed by atoms with Crippen LogP contribution in [0.25, 0.3) is 0 Å². The molecule has 1 aromatic heterocycles. The maximum absolute atomic E-state index is 13.2. The van der Waals surface area contributed by atoms with Crippen molar-refractivity contribution in [2.75, 3.05) is 7.05 Å². The maximum Gasteiger partial charge on any atom is 0.274 e. The lowest BCUT2D eigenvalue weighted by Gasteiger charge is -2.59. The standard InChI is InChI=1S/C22H25Cl2N3O2/c1-26(22-10-14-6-15(11-22)8-16(7-14)12-22)21(28)19-4-5-27(25-19)13-29-20-3-2-17(23)9-18(20)24/h2-5,9,14-16H,6-8,10-13H2,1H3. The Morgan fingerprint density at radius 2 is 1.83 bits per heavy atom. The molecule has 0 spiro atoms. The van der Waals surface area contributed by atoms with Gasteiger partial charge in [0, 0.05) is 23.8 Å². The van der Waals surface area contributed by atoms with E-state index in [4.69, 9.17) is 27.9 Å². The first-order valence-corrected chi connectivity index (χ1v) is 11.1. The smallest absolute Gasteiger partial charge is 0.274 e. The number of ether oxygens (including phenoxy) is 1. The van der Waals surface area contributed by atoms with Crippen LogP contribution in [0.3, 0.4) is 0 Å². The molecule has 1 heterocycles. The zero-order chi connectivity index (χ0) is 20.2. The Morgan fingerprint density at radius 1 is 1.17 bits per heavy atom. The first-order valence-electron chi connectivity index (χ1n) is 10.3. The van der Waals surface area contributed by atoms with Crippen LogP contribution in [0, 0.1) is 17.8 Å². The second kappa shape index (κ2) is 7.21. The fraction of sp³-hybridized carbons (Fsp3) is 0.545. The van der Waals surface area contributed by atoms with Gasteiger partial charge in [-0.2, -0.15) is 5.10 Å². The highest BCUT2D eigenvalue weighted by Crippen LogP contribution is 2.57. The second-order valence-electron chi connectivity index (χ2n) is 9.09. The second-order valence-corrected chi connectivity index (χ2v) is 9.94. The molecule has 154 valence electrons. The summed E-state index contributed by atoms with van der Waals surface area (Å²) in [5, 5.41) is 5.46. The number of aromatic nitrogens is 2. The number of hydrogen-bond acceptors (Lipinski definition) is 3. The summed E-state index contributed by atoms with van der Waals surface area (Å²) in [5.41, 5.74) is 0.497. The highest BCUT2D eigenvalue weighted by molar-refractivity contribution is 6.35. The molecule has 0 unspecified atom stereocenters. The van der Waals surface area contributed by atoms with E-state index in [1.54, 1.807) is 35.1 Å². The molecule has 0 saturated heterocycles. The van der Waals surface area contributed by atoms with Crippen LogP contribution < -0.4 is 4.74 Å². The van der Waals surface area contributed by atoms with Crippen LogP contribution in [-0.2, 0) is 6.73 Å². The van der Waals surface area contributed by atoms with Crippen molar-refractivity contribution in [3.8, 4) is 5.75 Å². The number of halogens is 2. The first-order chi connectivity index (χ1) is 13.9. The summed E-state index contributed by atoms with van der Waals surface area (Å²) in [6, 6.07) is 6.85. The van der Waals surface area contributed by atoms with Gasteiger partial charge in [0.2, 0.25) is 0 Å². The van der Waals surface area contributed by atoms with Gasteiger partial charge in [-0.3, -0.25) is 4.79 Å². The van der Waals surface area contributed by atoms with Gasteiger partial charge in [0.25, 0.3) is 5.91 Å². The Kier molecular flexibility index (Phi) is 4.78. The summed E-state index contributed by atoms with van der Waals surface area (Å²) in [5.74, 6) is 2.94. The molecule has 1 amide bonds. The molecule has 0 N–H and O–H groups in total. The van der Waals surface area contributed by atoms with Gasteiger partial charge in [0.15, 0.2) is 12.4 Å². The highest BCUT2D eigenvalue weighted by Gasteiger charge is 2.53. The Hall–Kier alpha value is -1.72. The van der Waals surface area contributed by atoms with Gasteiger partial charge in [-0.25, -0.2) is 4.68 Å². The third kappa shape index (κ3) is 3.53. The average Bonchev–Trinajstić information content (AvgIpc) is 3.14. The van der Waals surface area contributed by atoms with E-state index < -0.39 is 0 Å². The normalized spacial score (nSPS) is 29.8. The highest BCUT2D eigenvalue weighted by atomic mass is 35.5. The number of rotatable bonds is 5. The van der Waals surface area contributed by atoms with Crippen LogP contribution in [0.4, 0.5) is 0 Å². The zero-order valence-electron chi connectivity index (χ0n) is 16.5. The van der Waals surface area contributed by atoms with E-state index in [9.17, 15) is 4.79 Å². The van der Waals surface area contributed by atoms with Crippen LogP contribution in [0.2, 0.25) is 10.0 Å². The minimum absolute atomic E-state index is 0.00947. The molecule has 4 aliphatic rings. The SMILES string of the molecule is CN(C(=O)c1ccn(COc2ccc(Cl)cc2Cl)n1)C12CC3CC(CC(C3)C1)C2. The topological polar surface area (TPSA) is 47.4 Å². The van der Waals surface area contributed by atoms with Crippen molar-refractivity contribution in [2.24, 2.45) is 17.8 Å². The summed E-state index contributed by atoms with van der Waals surface area (Å²) in [4.78, 5) is 15.2. The van der Waals surface area contributed by atoms with Gasteiger partial charge in [0.1, 0.15) is 5.75 Å². The van der Waals surface area contributed by atoms with Crippen molar-refractivity contribution in [2.45, 2.75) is 50.8 Å². The predicted molar refractivity (Wildman–Crippen MR) is 112 cm³/mol. The van der Waals surface area contributed by atoms with E-state index >= 15 is 0 Å². The minimum Gasteiger partial charge on any atom is -0.470 e. The lowest BCUT2D eigenvalue weighted by atomic mass is 9.52. The number of carbonyl (C=O) groups is 1. The third-order valence-corrected chi connectivity index (χ3v) is 7.66. The third-order valence-electron chi connectivity index (χ3n) is 7.13. The average molecular weight is 434 g/mol. The number of nitrogens with zero attached hydrogens (tertiary/aromatic N) is 3. The van der Waals surface area contributed by atoms with E-state index in [-0.39, 0.29) is 18.2 Å². The van der Waals surface area contributed by atoms with Gasteiger partial charge < -0.3 is 9.64 Å². The quantitative estimate of drug-likeness (QED) is 0.645. The molecule has 7 heteroatoms. The molecular weight excluding hydrogens is 409 g/mol. The van der Waals surface area contributed by atoms with Crippen molar-refractivity contribution < 1.29 is 9.53 Å². The molecule has 5 nitrogen and oxygen atoms in total. The Balaban J connectivity index is 1.27. The van der Waals surface area contributed by atoms with Crippen LogP contribution in [0.5, 0.6) is 5.75 Å². The van der Waals surface area contributed by atoms with Gasteiger partial charge in [0.05, 0.1) is 5.02 Å². The van der Waals surface area contributed by atoms with E-state index in [0.717, 1.165) is 37.0 Å². The van der Waals surface area contributed by atoms with E-state index in [1.807, 2.05) is 11.9 Å². The van der Waals surface area contributed by atoms with Crippen molar-refractivity contribution in [1.82, 2.24) is 14.7 Å². The molecule has 29 heavy (non-hydrogen) atoms. The fourth-order valence-electron chi connectivity index (χ4n) is 6.14. The van der Waals surface area contributed by atoms with Crippen LogP contribution in [0.1, 0.15) is 49.0 Å². The largest absolute Gasteiger partial charge is 0.470 e. The van der Waals surface area contributed by atoms with Crippen molar-refractivity contribution in [3.05, 3.63) is 46.2 Å². The number of hydrogen-bond donors (Lipinski definition) is 0. The first kappa shape index (κ1) is 19.3. The Bertz CT molecular complexity index is 907. The fourth-order valence-corrected chi connectivity index (χ4v) is 6.60. The molecule has 2 aromatic rings. The van der Waals surface area contributed by atoms with Crippen LogP contribution in [0.15, 0.2) is 30.5 Å². The molecule has 4 bridgehead atoms. The summed E-state index contributed by atoms with van der Waals surface area (Å²) < 4.78 is 7.33. The van der Waals surface area contributed by atoms with Crippen LogP contribution in [-0.4, -0.2) is 33.2 Å². The van der Waals surface area contributed by atoms with Crippen molar-refractivity contribution >= 4 is 29.1 Å². The summed E-state index contributed by atoms with van der Waals surface area (Å²) in [6.07, 6.45) is 9.31. The number of benzene rings is 1. The van der Waals surface area contributed by atoms with E-state index in [1.165, 1.54) is 19.3 Å². The van der Waals surface area contributed by atoms with Crippen molar-refractivity contribution in [3.63, 3.8) is 0 Å². The predicted octanol–water partition coefficient (Wildman–Crippen LogP) is 5.27. The van der Waals surface area contributed by atoms with Gasteiger partial charge in [-0.05, 0) is 80.5 Å². The molecule has 4 aliphatic carbocycles. The Morgan fingerprint density at radius 3 is 2.45 bits per heavy atom. The van der Waals surface area contributed by atoms with Gasteiger partial charge >= 0.3 is 0 Å². The lowest BCUT2D eigenvalue weighted by molar-refractivity contribution is -0.0667. The molecule has 1 aromatic carbocycles. The number of amides is 1. The monoisotopic (exact) mass is 433 g/mol. The zero-order valence-corrected chi connectivity index (χ0v) is 18.0. The summed E-state index contributed by atoms with van der Waals surface area (Å²) in [6.45, 7) is 0.176. The molecule has 4 fully saturated rings. The van der Waals surface area contributed by atoms with Gasteiger partial charge in [-0.15, -0.1) is 0 Å². The van der Waals surface area contributed by atoms with Gasteiger partial charge in [-0.1, -0.05) is 23.2 Å². The summed E-state index contributed by atoms with van der Waals surface area (Å²) in [7, 11) is 1.97. The maximum atomic E-state index is 13.2. The lowest BCUT2D eigenvalue weighted by Crippen LogP contribution is -2.60. The van der Waals surface area contributed by atoms with E-state index in [0.29, 0.717) is 21.5 Å². The minimum atomic E-state index is 0.00947. The van der Waals surface area contributed by atoms with Crippen molar-refractivity contribution in [1.29, 1.82) is 0 Å². The molecule has 6 rings (SSSR count). The number of carbonyl (C=O) groups excluding carboxylic acids is 1. The molecule has 4 saturated carbocycles. The van der Waals surface area contributed by atoms with Crippen LogP contribution >= 0.6 is 23.2 Å². The Labute approximate surface area is 180 Å². The molecular formula is C22H25Cl2N3O2. The summed E-state index contributed by atoms with van der Waals surface area (Å²) >= 11 is 12.1. The molecule has 0 radical (unpaired) electrons. The molecule has 0 aliphatic heterocycles. The molecule has 0 atom stereocenters.